The Morgan fingerprint density at radius 3 is 2.46 bits per heavy atom. The molecule has 0 saturated heterocycles. The molecule has 0 N–H and O–H groups in total. The van der Waals surface area contributed by atoms with Gasteiger partial charge in [-0.15, -0.1) is 0 Å². The van der Waals surface area contributed by atoms with Crippen LogP contribution in [0, 0.1) is 6.92 Å². The van der Waals surface area contributed by atoms with Crippen LogP contribution in [0.15, 0.2) is 73.1 Å². The lowest BCUT2D eigenvalue weighted by Gasteiger charge is -2.09. The van der Waals surface area contributed by atoms with Crippen LogP contribution in [0.25, 0.3) is 43.7 Å². The molecule has 0 bridgehead atoms. The molecule has 2 aromatic heterocycles. The number of rotatable bonds is 3. The lowest BCUT2D eigenvalue weighted by Crippen LogP contribution is -2.28. The Bertz CT molecular complexity index is 1340. The number of benzene rings is 3. The second-order valence-corrected chi connectivity index (χ2v) is 7.85. The second-order valence-electron chi connectivity index (χ2n) is 7.85. The average molecular weight is 366 g/mol. The zero-order valence-electron chi connectivity index (χ0n) is 16.7. The van der Waals surface area contributed by atoms with Gasteiger partial charge in [0, 0.05) is 35.1 Å². The number of aromatic nitrogens is 2. The summed E-state index contributed by atoms with van der Waals surface area (Å²) in [5.41, 5.74) is 6.42. The molecule has 0 aliphatic rings. The van der Waals surface area contributed by atoms with E-state index in [1.165, 1.54) is 49.3 Å². The van der Waals surface area contributed by atoms with Gasteiger partial charge in [-0.05, 0) is 60.2 Å². The first-order valence-corrected chi connectivity index (χ1v) is 10.1. The first-order chi connectivity index (χ1) is 13.6. The summed E-state index contributed by atoms with van der Waals surface area (Å²) < 4.78 is 4.59. The smallest absolute Gasteiger partial charge is 0.212 e. The Kier molecular flexibility index (Phi) is 3.94. The molecule has 0 saturated carbocycles. The van der Waals surface area contributed by atoms with Gasteiger partial charge in [-0.3, -0.25) is 0 Å². The van der Waals surface area contributed by atoms with E-state index >= 15 is 0 Å². The Balaban J connectivity index is 1.75. The highest BCUT2D eigenvalue weighted by molar-refractivity contribution is 6.05. The molecule has 2 heteroatoms. The largest absolute Gasteiger partial charge is 0.347 e. The zero-order chi connectivity index (χ0) is 19.3. The molecule has 0 fully saturated rings. The summed E-state index contributed by atoms with van der Waals surface area (Å²) in [6.45, 7) is 5.45. The van der Waals surface area contributed by atoms with Crippen LogP contribution in [0.5, 0.6) is 0 Å². The topological polar surface area (TPSA) is 8.81 Å². The number of hydrogen-bond donors (Lipinski definition) is 0. The third-order valence-electron chi connectivity index (χ3n) is 5.78. The van der Waals surface area contributed by atoms with E-state index in [-0.39, 0.29) is 0 Å². The van der Waals surface area contributed by atoms with Gasteiger partial charge in [0.2, 0.25) is 5.52 Å². The van der Waals surface area contributed by atoms with Crippen LogP contribution in [0.2, 0.25) is 0 Å². The van der Waals surface area contributed by atoms with Gasteiger partial charge in [0.25, 0.3) is 0 Å². The lowest BCUT2D eigenvalue weighted by atomic mass is 9.98. The van der Waals surface area contributed by atoms with E-state index in [9.17, 15) is 0 Å². The van der Waals surface area contributed by atoms with E-state index in [4.69, 9.17) is 0 Å². The quantitative estimate of drug-likeness (QED) is 0.267. The third-order valence-corrected chi connectivity index (χ3v) is 5.78. The van der Waals surface area contributed by atoms with Gasteiger partial charge in [0.05, 0.1) is 5.39 Å². The summed E-state index contributed by atoms with van der Waals surface area (Å²) in [6.07, 6.45) is 5.57. The van der Waals surface area contributed by atoms with E-state index < -0.39 is 0 Å². The van der Waals surface area contributed by atoms with Crippen molar-refractivity contribution in [3.05, 3.63) is 78.6 Å². The van der Waals surface area contributed by atoms with Crippen molar-refractivity contribution in [2.24, 2.45) is 7.05 Å². The fourth-order valence-electron chi connectivity index (χ4n) is 4.33. The Morgan fingerprint density at radius 2 is 1.61 bits per heavy atom. The van der Waals surface area contributed by atoms with Gasteiger partial charge < -0.3 is 4.57 Å². The highest BCUT2D eigenvalue weighted by atomic mass is 14.9. The summed E-state index contributed by atoms with van der Waals surface area (Å²) in [7, 11) is 2.13. The molecule has 5 rings (SSSR count). The lowest BCUT2D eigenvalue weighted by molar-refractivity contribution is -0.643. The van der Waals surface area contributed by atoms with Crippen LogP contribution in [0.4, 0.5) is 0 Å². The van der Waals surface area contributed by atoms with Gasteiger partial charge in [-0.2, -0.15) is 0 Å². The highest BCUT2D eigenvalue weighted by Crippen LogP contribution is 2.30. The van der Waals surface area contributed by atoms with Crippen molar-refractivity contribution < 1.29 is 4.57 Å². The molecule has 0 aliphatic carbocycles. The van der Waals surface area contributed by atoms with Gasteiger partial charge in [-0.1, -0.05) is 36.8 Å². The first-order valence-electron chi connectivity index (χ1n) is 10.1. The zero-order valence-corrected chi connectivity index (χ0v) is 16.7. The molecule has 0 amide bonds. The molecule has 0 spiro atoms. The maximum Gasteiger partial charge on any atom is 0.212 e. The fourth-order valence-corrected chi connectivity index (χ4v) is 4.33. The van der Waals surface area contributed by atoms with E-state index in [0.29, 0.717) is 0 Å². The summed E-state index contributed by atoms with van der Waals surface area (Å²) in [4.78, 5) is 0. The van der Waals surface area contributed by atoms with Gasteiger partial charge >= 0.3 is 0 Å². The molecule has 3 aromatic carbocycles. The van der Waals surface area contributed by atoms with E-state index in [1.807, 2.05) is 0 Å². The number of aryl methyl sites for hydroxylation is 3. The van der Waals surface area contributed by atoms with E-state index in [0.717, 1.165) is 13.0 Å². The molecule has 5 aromatic rings. The molecular formula is C26H25N2+. The molecular weight excluding hydrogens is 340 g/mol. The van der Waals surface area contributed by atoms with Crippen molar-refractivity contribution in [2.45, 2.75) is 26.8 Å². The van der Waals surface area contributed by atoms with E-state index in [1.54, 1.807) is 0 Å². The Morgan fingerprint density at radius 1 is 0.821 bits per heavy atom. The number of nitrogens with zero attached hydrogens (tertiary/aromatic N) is 2. The minimum absolute atomic E-state index is 1.06. The fraction of sp³-hybridized carbons (Fsp3) is 0.192. The monoisotopic (exact) mass is 365 g/mol. The highest BCUT2D eigenvalue weighted by Gasteiger charge is 2.12. The van der Waals surface area contributed by atoms with Crippen LogP contribution in [0.3, 0.4) is 0 Å². The number of hydrogen-bond acceptors (Lipinski definition) is 0. The van der Waals surface area contributed by atoms with Crippen LogP contribution in [-0.4, -0.2) is 4.57 Å². The summed E-state index contributed by atoms with van der Waals surface area (Å²) in [5.74, 6) is 0. The summed E-state index contributed by atoms with van der Waals surface area (Å²) in [5, 5.41) is 5.23. The predicted octanol–water partition coefficient (Wildman–Crippen LogP) is 6.16. The van der Waals surface area contributed by atoms with Crippen molar-refractivity contribution >= 4 is 32.6 Å². The van der Waals surface area contributed by atoms with E-state index in [2.05, 4.69) is 103 Å². The van der Waals surface area contributed by atoms with Crippen LogP contribution < -0.4 is 4.57 Å². The second kappa shape index (κ2) is 6.49. The third kappa shape index (κ3) is 2.68. The molecule has 0 atom stereocenters. The van der Waals surface area contributed by atoms with Crippen LogP contribution in [0.1, 0.15) is 18.9 Å². The molecule has 2 heterocycles. The SMILES string of the molecule is CCCn1ccc2ccc(-c3ccc4c(c3)c3cc(C)ccc3c[n+]4C)cc21. The molecule has 0 radical (unpaired) electrons. The van der Waals surface area contributed by atoms with Crippen molar-refractivity contribution in [2.75, 3.05) is 0 Å². The predicted molar refractivity (Wildman–Crippen MR) is 119 cm³/mol. The Hall–Kier alpha value is -3.13. The molecule has 0 aliphatic heterocycles. The minimum atomic E-state index is 1.06. The molecule has 0 unspecified atom stereocenters. The van der Waals surface area contributed by atoms with Crippen molar-refractivity contribution in [3.8, 4) is 11.1 Å². The molecule has 2 nitrogen and oxygen atoms in total. The molecule has 138 valence electrons. The first kappa shape index (κ1) is 17.0. The maximum atomic E-state index is 2.36. The van der Waals surface area contributed by atoms with Gasteiger partial charge in [-0.25, -0.2) is 4.57 Å². The Labute approximate surface area is 165 Å². The minimum Gasteiger partial charge on any atom is -0.347 e. The van der Waals surface area contributed by atoms with Gasteiger partial charge in [0.15, 0.2) is 6.20 Å². The van der Waals surface area contributed by atoms with Crippen molar-refractivity contribution in [1.82, 2.24) is 4.57 Å². The summed E-state index contributed by atoms with van der Waals surface area (Å²) in [6, 6.07) is 22.6. The molecule has 28 heavy (non-hydrogen) atoms. The average Bonchev–Trinajstić information content (AvgIpc) is 3.11. The van der Waals surface area contributed by atoms with Gasteiger partial charge in [0.1, 0.15) is 7.05 Å². The van der Waals surface area contributed by atoms with Crippen LogP contribution >= 0.6 is 0 Å². The number of pyridine rings is 1. The van der Waals surface area contributed by atoms with Crippen molar-refractivity contribution in [3.63, 3.8) is 0 Å². The summed E-state index contributed by atoms with van der Waals surface area (Å²) >= 11 is 0. The number of fused-ring (bicyclic) bond motifs is 4. The standard InChI is InChI=1S/C26H25N2/c1-4-12-28-13-11-19-7-8-21(16-26(19)28)20-9-10-25-24(15-20)23-14-18(2)5-6-22(23)17-27(25)3/h5-11,13-17H,4,12H2,1-3H3/q+1. The maximum absolute atomic E-state index is 2.36. The van der Waals surface area contributed by atoms with Crippen molar-refractivity contribution in [1.29, 1.82) is 0 Å². The van der Waals surface area contributed by atoms with Crippen LogP contribution in [-0.2, 0) is 13.6 Å². The normalized spacial score (nSPS) is 11.7.